The summed E-state index contributed by atoms with van der Waals surface area (Å²) in [5.74, 6) is -7.57. The molecule has 0 radical (unpaired) electrons. The lowest BCUT2D eigenvalue weighted by atomic mass is 9.95. The predicted octanol–water partition coefficient (Wildman–Crippen LogP) is 3.75. The molecular weight excluding hydrogens is 440 g/mol. The van der Waals surface area contributed by atoms with Crippen molar-refractivity contribution in [1.29, 1.82) is 0 Å². The lowest BCUT2D eigenvalue weighted by Crippen LogP contribution is -2.29. The number of nitrogens with zero attached hydrogens (tertiary/aromatic N) is 1. The zero-order valence-corrected chi connectivity index (χ0v) is 16.1. The molecule has 1 unspecified atom stereocenters. The van der Waals surface area contributed by atoms with Crippen LogP contribution in [0.4, 0.5) is 17.6 Å². The highest BCUT2D eigenvalue weighted by Crippen LogP contribution is 2.43. The molecule has 0 saturated carbocycles. The minimum Gasteiger partial charge on any atom is -0.502 e. The number of halogens is 4. The normalized spacial score (nSPS) is 15.0. The fourth-order valence-corrected chi connectivity index (χ4v) is 4.53. The second-order valence-electron chi connectivity index (χ2n) is 6.61. The topological polar surface area (TPSA) is 91.6 Å². The third kappa shape index (κ3) is 3.40. The lowest BCUT2D eigenvalue weighted by molar-refractivity contribution is 0.0681. The summed E-state index contributed by atoms with van der Waals surface area (Å²) in [4.78, 5) is 23.1. The molecule has 0 spiro atoms. The largest absolute Gasteiger partial charge is 0.502 e. The van der Waals surface area contributed by atoms with Gasteiger partial charge in [-0.3, -0.25) is 9.47 Å². The monoisotopic (exact) mass is 452 g/mol. The molecule has 31 heavy (non-hydrogen) atoms. The van der Waals surface area contributed by atoms with Crippen LogP contribution >= 0.6 is 11.8 Å². The van der Waals surface area contributed by atoms with Crippen LogP contribution in [-0.2, 0) is 5.75 Å². The third-order valence-corrected chi connectivity index (χ3v) is 5.98. The Bertz CT molecular complexity index is 1240. The van der Waals surface area contributed by atoms with Crippen molar-refractivity contribution in [2.45, 2.75) is 16.7 Å². The quantitative estimate of drug-likeness (QED) is 0.525. The lowest BCUT2D eigenvalue weighted by Gasteiger charge is -2.25. The van der Waals surface area contributed by atoms with Gasteiger partial charge in [0.2, 0.25) is 5.43 Å². The molecule has 0 saturated heterocycles. The summed E-state index contributed by atoms with van der Waals surface area (Å²) in [6, 6.07) is 3.90. The summed E-state index contributed by atoms with van der Waals surface area (Å²) < 4.78 is 57.6. The van der Waals surface area contributed by atoms with Crippen molar-refractivity contribution in [3.63, 3.8) is 0 Å². The van der Waals surface area contributed by atoms with Gasteiger partial charge in [-0.2, -0.15) is 0 Å². The Kier molecular flexibility index (Phi) is 5.13. The highest BCUT2D eigenvalue weighted by Gasteiger charge is 2.31. The van der Waals surface area contributed by atoms with E-state index in [-0.39, 0.29) is 27.3 Å². The minimum atomic E-state index is -1.65. The van der Waals surface area contributed by atoms with Gasteiger partial charge in [-0.25, -0.2) is 22.4 Å². The summed E-state index contributed by atoms with van der Waals surface area (Å²) in [5.41, 5.74) is 1.07. The number of aromatic carboxylic acids is 1. The van der Waals surface area contributed by atoms with Gasteiger partial charge in [0.15, 0.2) is 34.7 Å². The standard InChI is InChI=1S/C20H12F4N2O4S/c21-11-3-1-8-10(14(11)23)7-31-19-9(2-4-12(22)15(19)24)16(8)25-26-6-5-13(27)18(28)17(26)20(29)30/h1-6,16,25,28H,7H2,(H,29,30). The van der Waals surface area contributed by atoms with E-state index in [1.807, 2.05) is 0 Å². The van der Waals surface area contributed by atoms with Gasteiger partial charge in [0.25, 0.3) is 0 Å². The zero-order valence-electron chi connectivity index (χ0n) is 15.3. The van der Waals surface area contributed by atoms with Gasteiger partial charge in [-0.1, -0.05) is 12.1 Å². The number of nitrogens with one attached hydrogen (secondary N) is 1. The fourth-order valence-electron chi connectivity index (χ4n) is 3.37. The molecule has 1 aliphatic heterocycles. The summed E-state index contributed by atoms with van der Waals surface area (Å²) in [6.07, 6.45) is 1.02. The fraction of sp³-hybridized carbons (Fsp3) is 0.100. The first-order chi connectivity index (χ1) is 14.7. The van der Waals surface area contributed by atoms with Gasteiger partial charge < -0.3 is 15.6 Å². The van der Waals surface area contributed by atoms with E-state index in [0.29, 0.717) is 0 Å². The molecule has 1 aliphatic rings. The maximum absolute atomic E-state index is 14.5. The number of fused-ring (bicyclic) bond motifs is 2. The van der Waals surface area contributed by atoms with Gasteiger partial charge in [0, 0.05) is 23.6 Å². The van der Waals surface area contributed by atoms with Gasteiger partial charge in [0.1, 0.15) is 0 Å². The molecule has 0 amide bonds. The number of hydrogen-bond donors (Lipinski definition) is 3. The Morgan fingerprint density at radius 2 is 1.68 bits per heavy atom. The van der Waals surface area contributed by atoms with E-state index >= 15 is 0 Å². The zero-order chi connectivity index (χ0) is 22.4. The van der Waals surface area contributed by atoms with Crippen molar-refractivity contribution in [3.8, 4) is 5.75 Å². The molecule has 0 bridgehead atoms. The summed E-state index contributed by atoms with van der Waals surface area (Å²) in [7, 11) is 0. The Balaban J connectivity index is 1.97. The van der Waals surface area contributed by atoms with Crippen molar-refractivity contribution in [3.05, 3.63) is 92.4 Å². The van der Waals surface area contributed by atoms with E-state index in [9.17, 15) is 37.4 Å². The number of rotatable bonds is 3. The van der Waals surface area contributed by atoms with Crippen LogP contribution in [0.2, 0.25) is 0 Å². The molecule has 1 aromatic heterocycles. The Morgan fingerprint density at radius 1 is 1.03 bits per heavy atom. The molecular formula is C20H12F4N2O4S. The van der Waals surface area contributed by atoms with Crippen molar-refractivity contribution < 1.29 is 32.6 Å². The molecule has 1 atom stereocenters. The maximum atomic E-state index is 14.5. The van der Waals surface area contributed by atoms with Crippen LogP contribution in [0.25, 0.3) is 0 Å². The number of aromatic hydroxyl groups is 1. The van der Waals surface area contributed by atoms with Gasteiger partial charge in [-0.05, 0) is 23.3 Å². The predicted molar refractivity (Wildman–Crippen MR) is 103 cm³/mol. The van der Waals surface area contributed by atoms with Crippen LogP contribution in [0.3, 0.4) is 0 Å². The first-order valence-electron chi connectivity index (χ1n) is 8.72. The number of thioether (sulfide) groups is 1. The number of pyridine rings is 1. The van der Waals surface area contributed by atoms with Crippen molar-refractivity contribution in [2.75, 3.05) is 5.43 Å². The highest BCUT2D eigenvalue weighted by molar-refractivity contribution is 7.98. The third-order valence-electron chi connectivity index (χ3n) is 4.84. The summed E-state index contributed by atoms with van der Waals surface area (Å²) in [5, 5.41) is 19.3. The molecule has 11 heteroatoms. The Labute approximate surface area is 175 Å². The van der Waals surface area contributed by atoms with E-state index in [2.05, 4.69) is 5.43 Å². The van der Waals surface area contributed by atoms with Gasteiger partial charge in [0.05, 0.1) is 10.9 Å². The van der Waals surface area contributed by atoms with E-state index in [1.54, 1.807) is 0 Å². The van der Waals surface area contributed by atoms with Gasteiger partial charge in [-0.15, -0.1) is 11.8 Å². The van der Waals surface area contributed by atoms with E-state index in [0.717, 1.165) is 40.8 Å². The number of carboxylic acid groups (broad SMARTS) is 1. The van der Waals surface area contributed by atoms with E-state index in [1.165, 1.54) is 12.1 Å². The van der Waals surface area contributed by atoms with Gasteiger partial charge >= 0.3 is 5.97 Å². The maximum Gasteiger partial charge on any atom is 0.358 e. The summed E-state index contributed by atoms with van der Waals surface area (Å²) >= 11 is 0.760. The van der Waals surface area contributed by atoms with Crippen LogP contribution < -0.4 is 10.9 Å². The number of benzene rings is 2. The smallest absolute Gasteiger partial charge is 0.358 e. The van der Waals surface area contributed by atoms with Crippen molar-refractivity contribution in [2.24, 2.45) is 0 Å². The SMILES string of the molecule is O=C(O)c1c(O)c(=O)ccn1NC1c2ccc(F)c(F)c2CSc2c1ccc(F)c2F. The average Bonchev–Trinajstić information content (AvgIpc) is 2.88. The minimum absolute atomic E-state index is 0.124. The van der Waals surface area contributed by atoms with Crippen LogP contribution in [0.5, 0.6) is 5.75 Å². The van der Waals surface area contributed by atoms with Crippen LogP contribution in [0.1, 0.15) is 33.2 Å². The molecule has 6 nitrogen and oxygen atoms in total. The van der Waals surface area contributed by atoms with Crippen molar-refractivity contribution >= 4 is 17.7 Å². The van der Waals surface area contributed by atoms with Crippen molar-refractivity contribution in [1.82, 2.24) is 4.68 Å². The molecule has 4 rings (SSSR count). The molecule has 3 aromatic rings. The summed E-state index contributed by atoms with van der Waals surface area (Å²) in [6.45, 7) is 0. The number of aromatic nitrogens is 1. The van der Waals surface area contributed by atoms with Crippen LogP contribution in [-0.4, -0.2) is 20.9 Å². The number of carboxylic acids is 1. The second kappa shape index (κ2) is 7.65. The Morgan fingerprint density at radius 3 is 2.35 bits per heavy atom. The van der Waals surface area contributed by atoms with Crippen LogP contribution in [0.15, 0.2) is 46.2 Å². The van der Waals surface area contributed by atoms with E-state index in [4.69, 9.17) is 0 Å². The molecule has 2 heterocycles. The molecule has 0 fully saturated rings. The second-order valence-corrected chi connectivity index (χ2v) is 7.60. The Hall–Kier alpha value is -3.47. The molecule has 2 aromatic carbocycles. The number of hydrogen-bond acceptors (Lipinski definition) is 5. The first-order valence-corrected chi connectivity index (χ1v) is 9.71. The number of carbonyl (C=O) groups is 1. The van der Waals surface area contributed by atoms with Crippen LogP contribution in [0, 0.1) is 23.3 Å². The molecule has 0 aliphatic carbocycles. The molecule has 160 valence electrons. The van der Waals surface area contributed by atoms with E-state index < -0.39 is 52.2 Å². The first kappa shape index (κ1) is 20.8. The molecule has 3 N–H and O–H groups in total. The highest BCUT2D eigenvalue weighted by atomic mass is 32.2. The average molecular weight is 452 g/mol.